The number of benzene rings is 1. The van der Waals surface area contributed by atoms with Gasteiger partial charge in [0.1, 0.15) is 5.82 Å². The Morgan fingerprint density at radius 2 is 2.07 bits per heavy atom. The molecular weight excluding hydrogens is 411 g/mol. The average Bonchev–Trinajstić information content (AvgIpc) is 3.06. The van der Waals surface area contributed by atoms with Gasteiger partial charge in [0.15, 0.2) is 0 Å². The van der Waals surface area contributed by atoms with E-state index in [1.807, 2.05) is 29.2 Å². The lowest BCUT2D eigenvalue weighted by Crippen LogP contribution is -2.43. The highest BCUT2D eigenvalue weighted by molar-refractivity contribution is 6.30. The van der Waals surface area contributed by atoms with Crippen molar-refractivity contribution < 1.29 is 9.53 Å². The predicted molar refractivity (Wildman–Crippen MR) is 110 cm³/mol. The van der Waals surface area contributed by atoms with Gasteiger partial charge in [0.05, 0.1) is 37.1 Å². The van der Waals surface area contributed by atoms with E-state index in [0.717, 1.165) is 42.3 Å². The number of imidazole rings is 1. The molecule has 0 saturated carbocycles. The Hall–Kier alpha value is -1.31. The maximum atomic E-state index is 12.6. The van der Waals surface area contributed by atoms with Crippen molar-refractivity contribution in [3.63, 3.8) is 0 Å². The monoisotopic (exact) mass is 432 g/mol. The Labute approximate surface area is 175 Å². The number of ether oxygens (including phenoxy) is 1. The molecule has 0 spiro atoms. The number of morpholine rings is 1. The third kappa shape index (κ3) is 5.15. The van der Waals surface area contributed by atoms with E-state index >= 15 is 0 Å². The van der Waals surface area contributed by atoms with E-state index in [4.69, 9.17) is 16.3 Å². The molecule has 1 saturated heterocycles. The van der Waals surface area contributed by atoms with Gasteiger partial charge in [0.25, 0.3) is 0 Å². The predicted octanol–water partition coefficient (Wildman–Crippen LogP) is 2.84. The third-order valence-corrected chi connectivity index (χ3v) is 4.96. The van der Waals surface area contributed by atoms with Crippen molar-refractivity contribution in [2.45, 2.75) is 25.5 Å². The number of carbonyl (C=O) groups is 1. The maximum Gasteiger partial charge on any atom is 0.225 e. The molecule has 3 heterocycles. The van der Waals surface area contributed by atoms with Crippen molar-refractivity contribution in [2.75, 3.05) is 26.2 Å². The van der Waals surface area contributed by atoms with Gasteiger partial charge in [-0.1, -0.05) is 11.6 Å². The van der Waals surface area contributed by atoms with Crippen LogP contribution in [0.4, 0.5) is 0 Å². The number of aromatic amines is 1. The first kappa shape index (κ1) is 22.0. The molecule has 1 aromatic carbocycles. The smallest absolute Gasteiger partial charge is 0.225 e. The summed E-state index contributed by atoms with van der Waals surface area (Å²) in [7, 11) is 0. The highest BCUT2D eigenvalue weighted by atomic mass is 35.5. The molecule has 0 bridgehead atoms. The molecule has 2 N–H and O–H groups in total. The first-order valence-corrected chi connectivity index (χ1v) is 9.00. The summed E-state index contributed by atoms with van der Waals surface area (Å²) in [4.78, 5) is 22.5. The van der Waals surface area contributed by atoms with Gasteiger partial charge >= 0.3 is 0 Å². The van der Waals surface area contributed by atoms with Crippen LogP contribution in [0.25, 0.3) is 11.4 Å². The molecule has 27 heavy (non-hydrogen) atoms. The van der Waals surface area contributed by atoms with Crippen LogP contribution in [0.2, 0.25) is 5.02 Å². The zero-order valence-corrected chi connectivity index (χ0v) is 17.1. The second kappa shape index (κ2) is 9.75. The molecule has 0 aliphatic carbocycles. The highest BCUT2D eigenvalue weighted by Crippen LogP contribution is 2.24. The lowest BCUT2D eigenvalue weighted by atomic mass is 10.1. The summed E-state index contributed by atoms with van der Waals surface area (Å²) < 4.78 is 5.64. The minimum absolute atomic E-state index is 0. The summed E-state index contributed by atoms with van der Waals surface area (Å²) in [5.74, 6) is 0.970. The minimum atomic E-state index is -0.0194. The second-order valence-electron chi connectivity index (χ2n) is 6.48. The fourth-order valence-electron chi connectivity index (χ4n) is 3.33. The van der Waals surface area contributed by atoms with E-state index in [9.17, 15) is 4.79 Å². The van der Waals surface area contributed by atoms with Crippen LogP contribution in [-0.2, 0) is 22.5 Å². The summed E-state index contributed by atoms with van der Waals surface area (Å²) in [6.07, 6.45) is 1.18. The molecule has 1 aromatic heterocycles. The Bertz CT molecular complexity index is 760. The molecule has 6 nitrogen and oxygen atoms in total. The lowest BCUT2D eigenvalue weighted by molar-refractivity contribution is -0.135. The molecule has 1 amide bonds. The van der Waals surface area contributed by atoms with Crippen molar-refractivity contribution in [1.82, 2.24) is 20.2 Å². The summed E-state index contributed by atoms with van der Waals surface area (Å²) in [6.45, 7) is 3.56. The topological polar surface area (TPSA) is 70.2 Å². The van der Waals surface area contributed by atoms with Gasteiger partial charge in [-0.3, -0.25) is 4.79 Å². The normalized spacial score (nSPS) is 18.9. The molecule has 1 unspecified atom stereocenters. The lowest BCUT2D eigenvalue weighted by Gasteiger charge is -2.29. The summed E-state index contributed by atoms with van der Waals surface area (Å²) in [5, 5.41) is 3.97. The van der Waals surface area contributed by atoms with E-state index in [1.54, 1.807) is 0 Å². The average molecular weight is 434 g/mol. The van der Waals surface area contributed by atoms with Crippen LogP contribution in [0.5, 0.6) is 0 Å². The molecule has 2 aliphatic heterocycles. The Kier molecular flexibility index (Phi) is 7.94. The van der Waals surface area contributed by atoms with Crippen LogP contribution in [0.15, 0.2) is 24.3 Å². The minimum Gasteiger partial charge on any atom is -0.375 e. The van der Waals surface area contributed by atoms with E-state index in [2.05, 4.69) is 15.3 Å². The largest absolute Gasteiger partial charge is 0.375 e. The van der Waals surface area contributed by atoms with Crippen molar-refractivity contribution in [3.8, 4) is 11.4 Å². The molecular formula is C18H23Cl3N4O2. The first-order valence-electron chi connectivity index (χ1n) is 8.63. The summed E-state index contributed by atoms with van der Waals surface area (Å²) >= 11 is 5.94. The van der Waals surface area contributed by atoms with Crippen molar-refractivity contribution in [3.05, 3.63) is 40.7 Å². The van der Waals surface area contributed by atoms with Gasteiger partial charge in [-0.15, -0.1) is 24.8 Å². The maximum absolute atomic E-state index is 12.6. The summed E-state index contributed by atoms with van der Waals surface area (Å²) in [5.41, 5.74) is 3.06. The molecule has 1 atom stereocenters. The Morgan fingerprint density at radius 3 is 2.78 bits per heavy atom. The second-order valence-corrected chi connectivity index (χ2v) is 6.92. The van der Waals surface area contributed by atoms with Crippen LogP contribution in [-0.4, -0.2) is 53.1 Å². The molecule has 1 fully saturated rings. The summed E-state index contributed by atoms with van der Waals surface area (Å²) in [6, 6.07) is 7.60. The van der Waals surface area contributed by atoms with Gasteiger partial charge in [0.2, 0.25) is 5.91 Å². The Morgan fingerprint density at radius 1 is 1.30 bits per heavy atom. The number of carbonyl (C=O) groups excluding carboxylic acids is 1. The van der Waals surface area contributed by atoms with Gasteiger partial charge in [0, 0.05) is 36.6 Å². The quantitative estimate of drug-likeness (QED) is 0.781. The SMILES string of the molecule is Cl.Cl.O=C(CC1CNCCO1)N1CCc2nc(-c3ccc(Cl)cc3)[nH]c2C1. The number of amides is 1. The third-order valence-electron chi connectivity index (χ3n) is 4.71. The number of rotatable bonds is 3. The Balaban J connectivity index is 0.00000131. The fourth-order valence-corrected chi connectivity index (χ4v) is 3.45. The number of aromatic nitrogens is 2. The zero-order valence-electron chi connectivity index (χ0n) is 14.7. The standard InChI is InChI=1S/C18H21ClN4O2.2ClH/c19-13-3-1-12(2-4-13)18-21-15-5-7-23(11-16(15)22-18)17(24)9-14-10-20-6-8-25-14;;/h1-4,14,20H,5-11H2,(H,21,22);2*1H. The van der Waals surface area contributed by atoms with E-state index < -0.39 is 0 Å². The number of fused-ring (bicyclic) bond motifs is 1. The zero-order chi connectivity index (χ0) is 17.2. The van der Waals surface area contributed by atoms with E-state index in [-0.39, 0.29) is 36.8 Å². The van der Waals surface area contributed by atoms with Crippen molar-refractivity contribution in [2.24, 2.45) is 0 Å². The van der Waals surface area contributed by atoms with Crippen molar-refractivity contribution in [1.29, 1.82) is 0 Å². The molecule has 0 radical (unpaired) electrons. The van der Waals surface area contributed by atoms with Crippen LogP contribution >= 0.6 is 36.4 Å². The number of halogens is 3. The number of nitrogens with zero attached hydrogens (tertiary/aromatic N) is 2. The van der Waals surface area contributed by atoms with Gasteiger partial charge in [-0.25, -0.2) is 4.98 Å². The molecule has 2 aliphatic rings. The fraction of sp³-hybridized carbons (Fsp3) is 0.444. The van der Waals surface area contributed by atoms with Crippen LogP contribution in [0.1, 0.15) is 17.8 Å². The number of nitrogens with one attached hydrogen (secondary N) is 2. The molecule has 4 rings (SSSR count). The van der Waals surface area contributed by atoms with Gasteiger partial charge in [-0.2, -0.15) is 0 Å². The molecule has 2 aromatic rings. The molecule has 9 heteroatoms. The van der Waals surface area contributed by atoms with Crippen LogP contribution < -0.4 is 5.32 Å². The van der Waals surface area contributed by atoms with Gasteiger partial charge in [-0.05, 0) is 24.3 Å². The highest BCUT2D eigenvalue weighted by Gasteiger charge is 2.26. The number of H-pyrrole nitrogens is 1. The van der Waals surface area contributed by atoms with Crippen molar-refractivity contribution >= 4 is 42.3 Å². The van der Waals surface area contributed by atoms with Crippen LogP contribution in [0, 0.1) is 0 Å². The number of hydrogen-bond acceptors (Lipinski definition) is 4. The van der Waals surface area contributed by atoms with Gasteiger partial charge < -0.3 is 19.9 Å². The number of hydrogen-bond donors (Lipinski definition) is 2. The first-order chi connectivity index (χ1) is 12.2. The van der Waals surface area contributed by atoms with E-state index in [0.29, 0.717) is 31.1 Å². The van der Waals surface area contributed by atoms with Crippen LogP contribution in [0.3, 0.4) is 0 Å². The van der Waals surface area contributed by atoms with E-state index in [1.165, 1.54) is 0 Å². The molecule has 148 valence electrons.